The first kappa shape index (κ1) is 22.7. The first-order chi connectivity index (χ1) is 13.7. The van der Waals surface area contributed by atoms with Crippen LogP contribution in [0.25, 0.3) is 0 Å². The van der Waals surface area contributed by atoms with E-state index in [1.807, 2.05) is 32.0 Å². The van der Waals surface area contributed by atoms with Crippen LogP contribution in [-0.4, -0.2) is 45.4 Å². The average molecular weight is 420 g/mol. The Morgan fingerprint density at radius 2 is 1.76 bits per heavy atom. The van der Waals surface area contributed by atoms with Gasteiger partial charge in [-0.2, -0.15) is 4.31 Å². The highest BCUT2D eigenvalue weighted by molar-refractivity contribution is 7.89. The second-order valence-corrected chi connectivity index (χ2v) is 8.54. The Morgan fingerprint density at radius 1 is 1.07 bits per heavy atom. The summed E-state index contributed by atoms with van der Waals surface area (Å²) in [6, 6.07) is 10.3. The van der Waals surface area contributed by atoms with Crippen molar-refractivity contribution in [3.05, 3.63) is 47.5 Å². The number of hydrogen-bond acceptors (Lipinski definition) is 5. The van der Waals surface area contributed by atoms with E-state index >= 15 is 0 Å². The molecule has 158 valence electrons. The van der Waals surface area contributed by atoms with Crippen LogP contribution < -0.4 is 15.4 Å². The van der Waals surface area contributed by atoms with Crippen LogP contribution in [0.2, 0.25) is 0 Å². The normalized spacial score (nSPS) is 11.4. The molecule has 0 unspecified atom stereocenters. The molecule has 0 aromatic heterocycles. The molecule has 7 nitrogen and oxygen atoms in total. The lowest BCUT2D eigenvalue weighted by Gasteiger charge is -2.20. The summed E-state index contributed by atoms with van der Waals surface area (Å²) < 4.78 is 32.2. The lowest BCUT2D eigenvalue weighted by atomic mass is 10.1. The molecule has 0 heterocycles. The van der Waals surface area contributed by atoms with Crippen molar-refractivity contribution >= 4 is 27.3 Å². The first-order valence-electron chi connectivity index (χ1n) is 9.52. The molecule has 0 bridgehead atoms. The number of aryl methyl sites for hydroxylation is 1. The molecule has 2 aromatic rings. The number of sulfonamides is 1. The first-order valence-corrected chi connectivity index (χ1v) is 11.0. The topological polar surface area (TPSA) is 87.7 Å². The number of benzene rings is 2. The van der Waals surface area contributed by atoms with Gasteiger partial charge in [-0.25, -0.2) is 8.42 Å². The molecule has 2 aromatic carbocycles. The summed E-state index contributed by atoms with van der Waals surface area (Å²) in [5.74, 6) is 0.223. The van der Waals surface area contributed by atoms with Crippen molar-refractivity contribution in [2.24, 2.45) is 0 Å². The van der Waals surface area contributed by atoms with E-state index < -0.39 is 10.0 Å². The van der Waals surface area contributed by atoms with Gasteiger partial charge >= 0.3 is 0 Å². The van der Waals surface area contributed by atoms with E-state index in [1.165, 1.54) is 23.5 Å². The lowest BCUT2D eigenvalue weighted by Crippen LogP contribution is -2.30. The van der Waals surface area contributed by atoms with Crippen LogP contribution in [-0.2, 0) is 14.8 Å². The number of nitrogens with zero attached hydrogens (tertiary/aromatic N) is 1. The van der Waals surface area contributed by atoms with Crippen molar-refractivity contribution in [3.8, 4) is 5.75 Å². The number of ether oxygens (including phenoxy) is 1. The SMILES string of the molecule is CCN(CC)S(=O)(=O)c1ccc(OC)c(NCC(=O)Nc2cccc(C)c2C)c1. The molecule has 0 saturated carbocycles. The molecule has 0 aliphatic heterocycles. The van der Waals surface area contributed by atoms with Crippen LogP contribution in [0.3, 0.4) is 0 Å². The van der Waals surface area contributed by atoms with Crippen molar-refractivity contribution in [1.29, 1.82) is 0 Å². The molecule has 0 radical (unpaired) electrons. The van der Waals surface area contributed by atoms with Crippen LogP contribution in [0.1, 0.15) is 25.0 Å². The Kier molecular flexibility index (Phi) is 7.64. The number of hydrogen-bond donors (Lipinski definition) is 2. The van der Waals surface area contributed by atoms with Gasteiger partial charge in [0.15, 0.2) is 0 Å². The van der Waals surface area contributed by atoms with Gasteiger partial charge in [0.1, 0.15) is 5.75 Å². The van der Waals surface area contributed by atoms with Crippen LogP contribution in [0.15, 0.2) is 41.3 Å². The zero-order valence-electron chi connectivity index (χ0n) is 17.6. The third kappa shape index (κ3) is 5.27. The molecule has 0 saturated heterocycles. The summed E-state index contributed by atoms with van der Waals surface area (Å²) >= 11 is 0. The molecule has 0 spiro atoms. The number of methoxy groups -OCH3 is 1. The fourth-order valence-electron chi connectivity index (χ4n) is 2.95. The quantitative estimate of drug-likeness (QED) is 0.650. The molecule has 0 atom stereocenters. The van der Waals surface area contributed by atoms with Crippen molar-refractivity contribution < 1.29 is 17.9 Å². The fraction of sp³-hybridized carbons (Fsp3) is 0.381. The zero-order valence-corrected chi connectivity index (χ0v) is 18.4. The van der Waals surface area contributed by atoms with Crippen molar-refractivity contribution in [3.63, 3.8) is 0 Å². The van der Waals surface area contributed by atoms with Gasteiger partial charge in [-0.15, -0.1) is 0 Å². The Hall–Kier alpha value is -2.58. The predicted octanol–water partition coefficient (Wildman–Crippen LogP) is 3.39. The Labute approximate surface area is 173 Å². The van der Waals surface area contributed by atoms with Gasteiger partial charge in [0.2, 0.25) is 15.9 Å². The van der Waals surface area contributed by atoms with E-state index in [4.69, 9.17) is 4.74 Å². The summed E-state index contributed by atoms with van der Waals surface area (Å²) in [7, 11) is -2.11. The number of rotatable bonds is 9. The molecule has 2 rings (SSSR count). The monoisotopic (exact) mass is 419 g/mol. The molecule has 2 N–H and O–H groups in total. The third-order valence-electron chi connectivity index (χ3n) is 4.83. The van der Waals surface area contributed by atoms with Gasteiger partial charge in [0.05, 0.1) is 24.2 Å². The van der Waals surface area contributed by atoms with Gasteiger partial charge < -0.3 is 15.4 Å². The molecule has 0 fully saturated rings. The number of anilines is 2. The van der Waals surface area contributed by atoms with Crippen LogP contribution in [0.5, 0.6) is 5.75 Å². The number of nitrogens with one attached hydrogen (secondary N) is 2. The van der Waals surface area contributed by atoms with E-state index in [-0.39, 0.29) is 17.3 Å². The van der Waals surface area contributed by atoms with Crippen molar-refractivity contribution in [2.75, 3.05) is 37.4 Å². The van der Waals surface area contributed by atoms with Crippen molar-refractivity contribution in [2.45, 2.75) is 32.6 Å². The molecule has 0 aliphatic rings. The minimum atomic E-state index is -3.61. The van der Waals surface area contributed by atoms with Gasteiger partial charge in [-0.05, 0) is 49.2 Å². The Bertz CT molecular complexity index is 970. The minimum Gasteiger partial charge on any atom is -0.495 e. The highest BCUT2D eigenvalue weighted by Gasteiger charge is 2.23. The summed E-state index contributed by atoms with van der Waals surface area (Å²) in [4.78, 5) is 12.5. The largest absolute Gasteiger partial charge is 0.495 e. The van der Waals surface area contributed by atoms with E-state index in [0.717, 1.165) is 16.8 Å². The van der Waals surface area contributed by atoms with Crippen molar-refractivity contribution in [1.82, 2.24) is 4.31 Å². The van der Waals surface area contributed by atoms with Crippen LogP contribution in [0.4, 0.5) is 11.4 Å². The van der Waals surface area contributed by atoms with E-state index in [9.17, 15) is 13.2 Å². The highest BCUT2D eigenvalue weighted by Crippen LogP contribution is 2.29. The van der Waals surface area contributed by atoms with Gasteiger partial charge in [-0.1, -0.05) is 26.0 Å². The number of amides is 1. The molecule has 8 heteroatoms. The lowest BCUT2D eigenvalue weighted by molar-refractivity contribution is -0.114. The summed E-state index contributed by atoms with van der Waals surface area (Å²) in [5, 5.41) is 5.86. The third-order valence-corrected chi connectivity index (χ3v) is 6.88. The van der Waals surface area contributed by atoms with E-state index in [2.05, 4.69) is 10.6 Å². The molecular formula is C21H29N3O4S. The van der Waals surface area contributed by atoms with Crippen LogP contribution in [0, 0.1) is 13.8 Å². The second kappa shape index (κ2) is 9.76. The van der Waals surface area contributed by atoms with E-state index in [1.54, 1.807) is 19.9 Å². The second-order valence-electron chi connectivity index (χ2n) is 6.60. The summed E-state index contributed by atoms with van der Waals surface area (Å²) in [5.41, 5.74) is 3.29. The van der Waals surface area contributed by atoms with Crippen LogP contribution >= 0.6 is 0 Å². The summed E-state index contributed by atoms with van der Waals surface area (Å²) in [6.07, 6.45) is 0. The summed E-state index contributed by atoms with van der Waals surface area (Å²) in [6.45, 7) is 8.25. The van der Waals surface area contributed by atoms with Gasteiger partial charge in [-0.3, -0.25) is 4.79 Å². The maximum atomic E-state index is 12.8. The number of carbonyl (C=O) groups excluding carboxylic acids is 1. The standard InChI is InChI=1S/C21H29N3O4S/c1-6-24(7-2)29(26,27)17-11-12-20(28-5)19(13-17)22-14-21(25)23-18-10-8-9-15(3)16(18)4/h8-13,22H,6-7,14H2,1-5H3,(H,23,25). The highest BCUT2D eigenvalue weighted by atomic mass is 32.2. The number of carbonyl (C=O) groups is 1. The molecule has 1 amide bonds. The van der Waals surface area contributed by atoms with E-state index in [0.29, 0.717) is 24.5 Å². The fourth-order valence-corrected chi connectivity index (χ4v) is 4.44. The molecular weight excluding hydrogens is 390 g/mol. The molecule has 29 heavy (non-hydrogen) atoms. The molecule has 0 aliphatic carbocycles. The Balaban J connectivity index is 2.19. The van der Waals surface area contributed by atoms with Gasteiger partial charge in [0, 0.05) is 18.8 Å². The zero-order chi connectivity index (χ0) is 21.6. The predicted molar refractivity (Wildman–Crippen MR) is 116 cm³/mol. The average Bonchev–Trinajstić information content (AvgIpc) is 2.70. The smallest absolute Gasteiger partial charge is 0.243 e. The maximum Gasteiger partial charge on any atom is 0.243 e. The minimum absolute atomic E-state index is 0.0293. The Morgan fingerprint density at radius 3 is 2.38 bits per heavy atom. The maximum absolute atomic E-state index is 12.8. The van der Waals surface area contributed by atoms with Gasteiger partial charge in [0.25, 0.3) is 0 Å².